The van der Waals surface area contributed by atoms with Gasteiger partial charge in [-0.1, -0.05) is 25.3 Å². The van der Waals surface area contributed by atoms with E-state index in [4.69, 9.17) is 10.5 Å². The molecule has 0 radical (unpaired) electrons. The molecule has 3 N–H and O–H groups in total. The van der Waals surface area contributed by atoms with Gasteiger partial charge in [0.15, 0.2) is 0 Å². The number of benzene rings is 1. The molecule has 3 nitrogen and oxygen atoms in total. The SMILES string of the molecule is N[C@@H]1CCc2cc(OCC3(O)CCCCC3)ccc21. The third-order valence-electron chi connectivity index (χ3n) is 4.53. The number of nitrogens with two attached hydrogens (primary N) is 1. The average molecular weight is 261 g/mol. The maximum absolute atomic E-state index is 10.4. The summed E-state index contributed by atoms with van der Waals surface area (Å²) in [7, 11) is 0. The molecule has 3 rings (SSSR count). The van der Waals surface area contributed by atoms with Crippen molar-refractivity contribution in [2.75, 3.05) is 6.61 Å². The van der Waals surface area contributed by atoms with Crippen LogP contribution in [0, 0.1) is 0 Å². The van der Waals surface area contributed by atoms with Crippen LogP contribution in [-0.2, 0) is 6.42 Å². The van der Waals surface area contributed by atoms with Crippen LogP contribution in [-0.4, -0.2) is 17.3 Å². The first-order valence-corrected chi connectivity index (χ1v) is 7.40. The fourth-order valence-corrected chi connectivity index (χ4v) is 3.29. The number of aliphatic hydroxyl groups is 1. The molecule has 2 aliphatic carbocycles. The summed E-state index contributed by atoms with van der Waals surface area (Å²) in [5.41, 5.74) is 7.97. The summed E-state index contributed by atoms with van der Waals surface area (Å²) in [5, 5.41) is 10.4. The first-order valence-electron chi connectivity index (χ1n) is 7.40. The first kappa shape index (κ1) is 12.9. The number of fused-ring (bicyclic) bond motifs is 1. The number of ether oxygens (including phenoxy) is 1. The van der Waals surface area contributed by atoms with Crippen molar-refractivity contribution in [2.24, 2.45) is 5.73 Å². The summed E-state index contributed by atoms with van der Waals surface area (Å²) >= 11 is 0. The highest BCUT2D eigenvalue weighted by molar-refractivity contribution is 5.40. The highest BCUT2D eigenvalue weighted by atomic mass is 16.5. The number of hydrogen-bond donors (Lipinski definition) is 2. The Balaban J connectivity index is 1.64. The molecule has 2 aliphatic rings. The molecule has 1 fully saturated rings. The molecule has 1 atom stereocenters. The zero-order chi connectivity index (χ0) is 13.3. The van der Waals surface area contributed by atoms with Crippen LogP contribution in [0.1, 0.15) is 55.7 Å². The summed E-state index contributed by atoms with van der Waals surface area (Å²) in [4.78, 5) is 0. The Bertz CT molecular complexity index is 452. The zero-order valence-corrected chi connectivity index (χ0v) is 11.4. The molecule has 0 unspecified atom stereocenters. The van der Waals surface area contributed by atoms with Gasteiger partial charge in [0.05, 0.1) is 5.60 Å². The highest BCUT2D eigenvalue weighted by Crippen LogP contribution is 2.33. The van der Waals surface area contributed by atoms with Crippen LogP contribution in [0.4, 0.5) is 0 Å². The van der Waals surface area contributed by atoms with Crippen molar-refractivity contribution in [2.45, 2.75) is 56.6 Å². The Hall–Kier alpha value is -1.06. The second-order valence-electron chi connectivity index (χ2n) is 6.08. The van der Waals surface area contributed by atoms with Gasteiger partial charge in [0, 0.05) is 6.04 Å². The van der Waals surface area contributed by atoms with Gasteiger partial charge in [0.25, 0.3) is 0 Å². The van der Waals surface area contributed by atoms with Gasteiger partial charge in [-0.25, -0.2) is 0 Å². The smallest absolute Gasteiger partial charge is 0.119 e. The molecule has 1 saturated carbocycles. The fraction of sp³-hybridized carbons (Fsp3) is 0.625. The minimum atomic E-state index is -0.617. The predicted molar refractivity (Wildman–Crippen MR) is 75.2 cm³/mol. The van der Waals surface area contributed by atoms with Gasteiger partial charge in [-0.15, -0.1) is 0 Å². The van der Waals surface area contributed by atoms with Crippen molar-refractivity contribution in [3.63, 3.8) is 0 Å². The average Bonchev–Trinajstić information content (AvgIpc) is 2.79. The van der Waals surface area contributed by atoms with Crippen LogP contribution in [0.5, 0.6) is 5.75 Å². The van der Waals surface area contributed by atoms with E-state index in [9.17, 15) is 5.11 Å². The lowest BCUT2D eigenvalue weighted by Gasteiger charge is -2.31. The van der Waals surface area contributed by atoms with E-state index in [0.29, 0.717) is 6.61 Å². The predicted octanol–water partition coefficient (Wildman–Crippen LogP) is 2.71. The van der Waals surface area contributed by atoms with Gasteiger partial charge in [0.2, 0.25) is 0 Å². The van der Waals surface area contributed by atoms with Crippen molar-refractivity contribution in [3.8, 4) is 5.75 Å². The van der Waals surface area contributed by atoms with E-state index >= 15 is 0 Å². The molecule has 1 aromatic carbocycles. The van der Waals surface area contributed by atoms with Crippen molar-refractivity contribution in [3.05, 3.63) is 29.3 Å². The first-order chi connectivity index (χ1) is 9.16. The second kappa shape index (κ2) is 5.14. The standard InChI is InChI=1S/C16H23NO2/c17-15-7-4-12-10-13(5-6-14(12)15)19-11-16(18)8-2-1-3-9-16/h5-6,10,15,18H,1-4,7-9,11,17H2/t15-/m1/s1. The maximum atomic E-state index is 10.4. The molecule has 19 heavy (non-hydrogen) atoms. The fourth-order valence-electron chi connectivity index (χ4n) is 3.29. The summed E-state index contributed by atoms with van der Waals surface area (Å²) < 4.78 is 5.82. The van der Waals surface area contributed by atoms with Crippen LogP contribution in [0.25, 0.3) is 0 Å². The van der Waals surface area contributed by atoms with Crippen molar-refractivity contribution in [1.29, 1.82) is 0 Å². The topological polar surface area (TPSA) is 55.5 Å². The molecular weight excluding hydrogens is 238 g/mol. The molecule has 0 bridgehead atoms. The van der Waals surface area contributed by atoms with E-state index in [1.807, 2.05) is 6.07 Å². The van der Waals surface area contributed by atoms with Gasteiger partial charge in [-0.05, 0) is 48.9 Å². The highest BCUT2D eigenvalue weighted by Gasteiger charge is 2.30. The minimum Gasteiger partial charge on any atom is -0.491 e. The van der Waals surface area contributed by atoms with Crippen molar-refractivity contribution >= 4 is 0 Å². The van der Waals surface area contributed by atoms with Crippen LogP contribution < -0.4 is 10.5 Å². The van der Waals surface area contributed by atoms with Gasteiger partial charge in [-0.2, -0.15) is 0 Å². The lowest BCUT2D eigenvalue weighted by Crippen LogP contribution is -2.37. The van der Waals surface area contributed by atoms with Crippen LogP contribution in [0.3, 0.4) is 0 Å². The van der Waals surface area contributed by atoms with Gasteiger partial charge >= 0.3 is 0 Å². The Morgan fingerprint density at radius 2 is 2.05 bits per heavy atom. The Labute approximate surface area is 114 Å². The Morgan fingerprint density at radius 1 is 1.26 bits per heavy atom. The number of aryl methyl sites for hydroxylation is 1. The Kier molecular flexibility index (Phi) is 3.50. The molecule has 3 heteroatoms. The third-order valence-corrected chi connectivity index (χ3v) is 4.53. The Morgan fingerprint density at radius 3 is 2.84 bits per heavy atom. The van der Waals surface area contributed by atoms with E-state index < -0.39 is 5.60 Å². The molecule has 104 valence electrons. The molecule has 0 saturated heterocycles. The van der Waals surface area contributed by atoms with E-state index in [1.54, 1.807) is 0 Å². The molecular formula is C16H23NO2. The monoisotopic (exact) mass is 261 g/mol. The third kappa shape index (κ3) is 2.77. The largest absolute Gasteiger partial charge is 0.491 e. The van der Waals surface area contributed by atoms with E-state index in [0.717, 1.165) is 44.3 Å². The lowest BCUT2D eigenvalue weighted by atomic mass is 9.85. The number of rotatable bonds is 3. The molecule has 0 heterocycles. The summed E-state index contributed by atoms with van der Waals surface area (Å²) in [6, 6.07) is 6.34. The van der Waals surface area contributed by atoms with Crippen molar-refractivity contribution < 1.29 is 9.84 Å². The van der Waals surface area contributed by atoms with Crippen LogP contribution in [0.15, 0.2) is 18.2 Å². The summed E-state index contributed by atoms with van der Waals surface area (Å²) in [6.07, 6.45) is 7.25. The number of hydrogen-bond acceptors (Lipinski definition) is 3. The van der Waals surface area contributed by atoms with Crippen LogP contribution in [0.2, 0.25) is 0 Å². The lowest BCUT2D eigenvalue weighted by molar-refractivity contribution is -0.0339. The van der Waals surface area contributed by atoms with E-state index in [2.05, 4.69) is 12.1 Å². The second-order valence-corrected chi connectivity index (χ2v) is 6.08. The minimum absolute atomic E-state index is 0.187. The maximum Gasteiger partial charge on any atom is 0.119 e. The van der Waals surface area contributed by atoms with Crippen LogP contribution >= 0.6 is 0 Å². The molecule has 0 amide bonds. The molecule has 0 aromatic heterocycles. The van der Waals surface area contributed by atoms with Gasteiger partial charge < -0.3 is 15.6 Å². The quantitative estimate of drug-likeness (QED) is 0.879. The van der Waals surface area contributed by atoms with Gasteiger partial charge in [0.1, 0.15) is 12.4 Å². The molecule has 0 spiro atoms. The normalized spacial score (nSPS) is 25.1. The molecule has 0 aliphatic heterocycles. The summed E-state index contributed by atoms with van der Waals surface area (Å²) in [5.74, 6) is 0.867. The van der Waals surface area contributed by atoms with Gasteiger partial charge in [-0.3, -0.25) is 0 Å². The van der Waals surface area contributed by atoms with E-state index in [1.165, 1.54) is 17.5 Å². The summed E-state index contributed by atoms with van der Waals surface area (Å²) in [6.45, 7) is 0.415. The molecule has 1 aromatic rings. The van der Waals surface area contributed by atoms with E-state index in [-0.39, 0.29) is 6.04 Å². The zero-order valence-electron chi connectivity index (χ0n) is 11.4. The van der Waals surface area contributed by atoms with Crippen molar-refractivity contribution in [1.82, 2.24) is 0 Å².